The third-order valence-electron chi connectivity index (χ3n) is 4.08. The van der Waals surface area contributed by atoms with Gasteiger partial charge in [0.1, 0.15) is 6.04 Å². The molecule has 0 saturated carbocycles. The SMILES string of the molecule is O=C1NCC(=O)N(CC2CCCCO2)C1c1ccccc1. The van der Waals surface area contributed by atoms with Crippen molar-refractivity contribution in [3.63, 3.8) is 0 Å². The van der Waals surface area contributed by atoms with Crippen LogP contribution in [-0.4, -0.2) is 42.5 Å². The maximum atomic E-state index is 12.3. The highest BCUT2D eigenvalue weighted by atomic mass is 16.5. The molecule has 2 aliphatic heterocycles. The van der Waals surface area contributed by atoms with Crippen molar-refractivity contribution < 1.29 is 14.3 Å². The molecule has 2 fully saturated rings. The molecule has 5 heteroatoms. The van der Waals surface area contributed by atoms with Crippen molar-refractivity contribution in [3.05, 3.63) is 35.9 Å². The molecule has 2 saturated heterocycles. The molecule has 2 unspecified atom stereocenters. The Balaban J connectivity index is 1.82. The molecule has 1 N–H and O–H groups in total. The first-order valence-electron chi connectivity index (χ1n) is 7.49. The Kier molecular flexibility index (Phi) is 4.20. The van der Waals surface area contributed by atoms with E-state index in [0.717, 1.165) is 31.4 Å². The highest BCUT2D eigenvalue weighted by molar-refractivity contribution is 5.95. The van der Waals surface area contributed by atoms with Crippen molar-refractivity contribution in [1.29, 1.82) is 0 Å². The zero-order chi connectivity index (χ0) is 14.7. The second-order valence-electron chi connectivity index (χ2n) is 5.57. The van der Waals surface area contributed by atoms with Crippen molar-refractivity contribution >= 4 is 11.8 Å². The Hall–Kier alpha value is -1.88. The van der Waals surface area contributed by atoms with E-state index >= 15 is 0 Å². The van der Waals surface area contributed by atoms with Crippen LogP contribution in [0.2, 0.25) is 0 Å². The number of nitrogens with zero attached hydrogens (tertiary/aromatic N) is 1. The largest absolute Gasteiger partial charge is 0.376 e. The molecule has 21 heavy (non-hydrogen) atoms. The number of amides is 2. The normalized spacial score (nSPS) is 26.6. The minimum Gasteiger partial charge on any atom is -0.376 e. The van der Waals surface area contributed by atoms with Crippen molar-refractivity contribution in [3.8, 4) is 0 Å². The molecule has 3 rings (SSSR count). The monoisotopic (exact) mass is 288 g/mol. The molecule has 5 nitrogen and oxygen atoms in total. The first kappa shape index (κ1) is 14.1. The number of nitrogens with one attached hydrogen (secondary N) is 1. The summed E-state index contributed by atoms with van der Waals surface area (Å²) in [6.07, 6.45) is 3.19. The predicted molar refractivity (Wildman–Crippen MR) is 77.5 cm³/mol. The van der Waals surface area contributed by atoms with Crippen LogP contribution in [0.5, 0.6) is 0 Å². The van der Waals surface area contributed by atoms with Crippen molar-refractivity contribution in [2.75, 3.05) is 19.7 Å². The minimum atomic E-state index is -0.544. The summed E-state index contributed by atoms with van der Waals surface area (Å²) in [6.45, 7) is 1.32. The van der Waals surface area contributed by atoms with E-state index in [9.17, 15) is 9.59 Å². The summed E-state index contributed by atoms with van der Waals surface area (Å²) in [4.78, 5) is 26.2. The van der Waals surface area contributed by atoms with Gasteiger partial charge in [-0.3, -0.25) is 9.59 Å². The average Bonchev–Trinajstić information content (AvgIpc) is 2.53. The Labute approximate surface area is 124 Å². The summed E-state index contributed by atoms with van der Waals surface area (Å²) < 4.78 is 5.72. The summed E-state index contributed by atoms with van der Waals surface area (Å²) in [5.74, 6) is -0.158. The molecule has 2 aliphatic rings. The molecule has 0 spiro atoms. The topological polar surface area (TPSA) is 58.6 Å². The van der Waals surface area contributed by atoms with Gasteiger partial charge in [-0.25, -0.2) is 0 Å². The summed E-state index contributed by atoms with van der Waals surface area (Å²) in [7, 11) is 0. The van der Waals surface area contributed by atoms with Gasteiger partial charge in [-0.05, 0) is 24.8 Å². The number of piperazine rings is 1. The smallest absolute Gasteiger partial charge is 0.247 e. The van der Waals surface area contributed by atoms with E-state index in [2.05, 4.69) is 5.32 Å². The number of hydrogen-bond donors (Lipinski definition) is 1. The van der Waals surface area contributed by atoms with Gasteiger partial charge >= 0.3 is 0 Å². The van der Waals surface area contributed by atoms with Gasteiger partial charge in [-0.2, -0.15) is 0 Å². The first-order valence-corrected chi connectivity index (χ1v) is 7.49. The Bertz CT molecular complexity index is 512. The van der Waals surface area contributed by atoms with E-state index in [1.807, 2.05) is 30.3 Å². The number of carbonyl (C=O) groups is 2. The lowest BCUT2D eigenvalue weighted by molar-refractivity contribution is -0.148. The fraction of sp³-hybridized carbons (Fsp3) is 0.500. The van der Waals surface area contributed by atoms with Gasteiger partial charge in [0.15, 0.2) is 0 Å². The van der Waals surface area contributed by atoms with E-state index in [0.29, 0.717) is 6.54 Å². The standard InChI is InChI=1S/C16H20N2O3/c19-14-10-17-16(20)15(12-6-2-1-3-7-12)18(14)11-13-8-4-5-9-21-13/h1-3,6-7,13,15H,4-5,8-11H2,(H,17,20). The maximum absolute atomic E-state index is 12.3. The molecule has 2 amide bonds. The maximum Gasteiger partial charge on any atom is 0.247 e. The fourth-order valence-electron chi connectivity index (χ4n) is 2.99. The molecule has 1 aromatic rings. The average molecular weight is 288 g/mol. The van der Waals surface area contributed by atoms with Crippen LogP contribution in [0.3, 0.4) is 0 Å². The van der Waals surface area contributed by atoms with Crippen LogP contribution in [0, 0.1) is 0 Å². The van der Waals surface area contributed by atoms with Gasteiger partial charge in [0.25, 0.3) is 0 Å². The second kappa shape index (κ2) is 6.26. The quantitative estimate of drug-likeness (QED) is 0.911. The Morgan fingerprint density at radius 2 is 2.00 bits per heavy atom. The van der Waals surface area contributed by atoms with Gasteiger partial charge in [0.2, 0.25) is 11.8 Å². The summed E-state index contributed by atoms with van der Waals surface area (Å²) in [6, 6.07) is 8.90. The van der Waals surface area contributed by atoms with Crippen LogP contribution >= 0.6 is 0 Å². The van der Waals surface area contributed by atoms with Crippen molar-refractivity contribution in [2.24, 2.45) is 0 Å². The number of hydrogen-bond acceptors (Lipinski definition) is 3. The lowest BCUT2D eigenvalue weighted by Crippen LogP contribution is -2.55. The van der Waals surface area contributed by atoms with Crippen LogP contribution in [0.15, 0.2) is 30.3 Å². The molecular weight excluding hydrogens is 268 g/mol. The van der Waals surface area contributed by atoms with Crippen molar-refractivity contribution in [1.82, 2.24) is 10.2 Å². The Morgan fingerprint density at radius 3 is 2.71 bits per heavy atom. The van der Waals surface area contributed by atoms with Gasteiger partial charge in [0, 0.05) is 13.2 Å². The van der Waals surface area contributed by atoms with Gasteiger partial charge in [-0.15, -0.1) is 0 Å². The zero-order valence-corrected chi connectivity index (χ0v) is 12.0. The molecule has 0 radical (unpaired) electrons. The fourth-order valence-corrected chi connectivity index (χ4v) is 2.99. The third-order valence-corrected chi connectivity index (χ3v) is 4.08. The zero-order valence-electron chi connectivity index (χ0n) is 12.0. The lowest BCUT2D eigenvalue weighted by Gasteiger charge is -2.38. The van der Waals surface area contributed by atoms with Crippen LogP contribution in [0.1, 0.15) is 30.9 Å². The highest BCUT2D eigenvalue weighted by Crippen LogP contribution is 2.25. The van der Waals surface area contributed by atoms with Gasteiger partial charge in [-0.1, -0.05) is 30.3 Å². The highest BCUT2D eigenvalue weighted by Gasteiger charge is 2.37. The summed E-state index contributed by atoms with van der Waals surface area (Å²) in [5.41, 5.74) is 0.846. The van der Waals surface area contributed by atoms with E-state index in [-0.39, 0.29) is 24.5 Å². The summed E-state index contributed by atoms with van der Waals surface area (Å²) >= 11 is 0. The number of carbonyl (C=O) groups excluding carboxylic acids is 2. The van der Waals surface area contributed by atoms with Crippen LogP contribution in [-0.2, 0) is 14.3 Å². The predicted octanol–water partition coefficient (Wildman–Crippen LogP) is 1.26. The van der Waals surface area contributed by atoms with Crippen LogP contribution in [0.4, 0.5) is 0 Å². The van der Waals surface area contributed by atoms with E-state index in [1.54, 1.807) is 4.90 Å². The molecule has 0 aromatic heterocycles. The molecule has 0 aliphatic carbocycles. The Morgan fingerprint density at radius 1 is 1.19 bits per heavy atom. The molecule has 1 aromatic carbocycles. The lowest BCUT2D eigenvalue weighted by atomic mass is 10.0. The third kappa shape index (κ3) is 3.08. The first-order chi connectivity index (χ1) is 10.3. The van der Waals surface area contributed by atoms with Gasteiger partial charge in [0.05, 0.1) is 12.6 Å². The van der Waals surface area contributed by atoms with E-state index in [4.69, 9.17) is 4.74 Å². The number of rotatable bonds is 3. The van der Waals surface area contributed by atoms with Gasteiger partial charge < -0.3 is 15.0 Å². The molecule has 2 atom stereocenters. The van der Waals surface area contributed by atoms with E-state index < -0.39 is 6.04 Å². The second-order valence-corrected chi connectivity index (χ2v) is 5.57. The molecular formula is C16H20N2O3. The van der Waals surface area contributed by atoms with Crippen LogP contribution in [0.25, 0.3) is 0 Å². The number of benzene rings is 1. The minimum absolute atomic E-state index is 0.0415. The number of ether oxygens (including phenoxy) is 1. The van der Waals surface area contributed by atoms with Crippen molar-refractivity contribution in [2.45, 2.75) is 31.4 Å². The molecule has 2 heterocycles. The molecule has 0 bridgehead atoms. The summed E-state index contributed by atoms with van der Waals surface area (Å²) in [5, 5.41) is 2.68. The van der Waals surface area contributed by atoms with E-state index in [1.165, 1.54) is 0 Å². The van der Waals surface area contributed by atoms with Crippen LogP contribution < -0.4 is 5.32 Å². The molecule has 112 valence electrons.